The van der Waals surface area contributed by atoms with Gasteiger partial charge in [0.1, 0.15) is 24.6 Å². The zero-order valence-corrected chi connectivity index (χ0v) is 23.2. The average Bonchev–Trinajstić information content (AvgIpc) is 3.17. The van der Waals surface area contributed by atoms with Gasteiger partial charge in [-0.2, -0.15) is 0 Å². The van der Waals surface area contributed by atoms with Crippen LogP contribution >= 0.6 is 11.8 Å². The summed E-state index contributed by atoms with van der Waals surface area (Å²) in [5.74, 6) is 1.96. The standard InChI is InChI=1S/C30H40N3OS/c1-8-32(18-12-17-31(6)7)23-15-16-24-22(19-28(30(3,4)5)34-26(24)21-23)20-29-33(9-2)25-13-10-11-14-27(25)35-29/h10-11,13-16,19-21H,8-9,12,17-18H2,1-7H3/q+1. The number of fused-ring (bicyclic) bond motifs is 2. The van der Waals surface area contributed by atoms with Gasteiger partial charge in [-0.25, -0.2) is 4.58 Å². The average molecular weight is 491 g/mol. The van der Waals surface area contributed by atoms with Crippen LogP contribution in [0, 0.1) is 0 Å². The third kappa shape index (κ3) is 5.68. The Balaban J connectivity index is 1.82. The Morgan fingerprint density at radius 2 is 1.83 bits per heavy atom. The van der Waals surface area contributed by atoms with Crippen LogP contribution in [0.1, 0.15) is 52.4 Å². The smallest absolute Gasteiger partial charge is 0.203 e. The van der Waals surface area contributed by atoms with Crippen LogP contribution in [-0.4, -0.2) is 45.2 Å². The minimum atomic E-state index is -0.0795. The molecule has 0 radical (unpaired) electrons. The quantitative estimate of drug-likeness (QED) is 0.360. The minimum absolute atomic E-state index is 0.0795. The van der Waals surface area contributed by atoms with E-state index in [0.29, 0.717) is 0 Å². The number of para-hydroxylation sites is 1. The summed E-state index contributed by atoms with van der Waals surface area (Å²) in [5, 5.41) is 2.49. The van der Waals surface area contributed by atoms with Gasteiger partial charge in [0, 0.05) is 41.5 Å². The highest BCUT2D eigenvalue weighted by molar-refractivity contribution is 8.03. The lowest BCUT2D eigenvalue weighted by molar-refractivity contribution is 0.386. The molecule has 1 aromatic rings. The summed E-state index contributed by atoms with van der Waals surface area (Å²) in [7, 11) is 4.27. The summed E-state index contributed by atoms with van der Waals surface area (Å²) in [5.41, 5.74) is 3.59. The molecule has 0 bridgehead atoms. The molecule has 0 fully saturated rings. The van der Waals surface area contributed by atoms with Crippen molar-refractivity contribution in [3.63, 3.8) is 0 Å². The van der Waals surface area contributed by atoms with Gasteiger partial charge in [-0.05, 0) is 63.8 Å². The van der Waals surface area contributed by atoms with E-state index in [0.717, 1.165) is 49.7 Å². The second-order valence-electron chi connectivity index (χ2n) is 10.5. The molecule has 0 aromatic heterocycles. The zero-order chi connectivity index (χ0) is 25.2. The number of benzene rings is 2. The van der Waals surface area contributed by atoms with Crippen molar-refractivity contribution < 1.29 is 4.42 Å². The molecule has 3 aliphatic rings. The van der Waals surface area contributed by atoms with E-state index in [1.807, 2.05) is 11.8 Å². The number of hydrogen-bond donors (Lipinski definition) is 0. The Bertz CT molecular complexity index is 1250. The van der Waals surface area contributed by atoms with Crippen molar-refractivity contribution >= 4 is 23.5 Å². The fourth-order valence-corrected chi connectivity index (χ4v) is 5.73. The lowest BCUT2D eigenvalue weighted by Crippen LogP contribution is -2.32. The van der Waals surface area contributed by atoms with Crippen molar-refractivity contribution in [3.8, 4) is 11.3 Å². The van der Waals surface area contributed by atoms with Crippen LogP contribution in [0.25, 0.3) is 17.4 Å². The van der Waals surface area contributed by atoms with Crippen LogP contribution in [0.2, 0.25) is 0 Å². The number of anilines is 1. The summed E-state index contributed by atoms with van der Waals surface area (Å²) in [6.45, 7) is 15.2. The van der Waals surface area contributed by atoms with Crippen molar-refractivity contribution in [2.45, 2.75) is 51.3 Å². The van der Waals surface area contributed by atoms with Crippen LogP contribution in [-0.2, 0) is 5.41 Å². The molecule has 186 valence electrons. The first-order valence-corrected chi connectivity index (χ1v) is 13.6. The maximum atomic E-state index is 6.54. The predicted octanol–water partition coefficient (Wildman–Crippen LogP) is 6.36. The number of thioether (sulfide) groups is 1. The second-order valence-corrected chi connectivity index (χ2v) is 11.6. The first-order chi connectivity index (χ1) is 16.7. The van der Waals surface area contributed by atoms with Gasteiger partial charge >= 0.3 is 0 Å². The maximum Gasteiger partial charge on any atom is 0.203 e. The van der Waals surface area contributed by atoms with E-state index < -0.39 is 0 Å². The van der Waals surface area contributed by atoms with Gasteiger partial charge in [0.2, 0.25) is 5.36 Å². The van der Waals surface area contributed by atoms with Crippen LogP contribution < -0.4 is 14.8 Å². The van der Waals surface area contributed by atoms with Gasteiger partial charge in [0.15, 0.2) is 0 Å². The molecular weight excluding hydrogens is 450 g/mol. The van der Waals surface area contributed by atoms with Crippen molar-refractivity contribution in [3.05, 3.63) is 70.2 Å². The Kier molecular flexibility index (Phi) is 7.77. The number of rotatable bonds is 7. The predicted molar refractivity (Wildman–Crippen MR) is 151 cm³/mol. The molecule has 2 heterocycles. The van der Waals surface area contributed by atoms with Gasteiger partial charge in [-0.1, -0.05) is 44.7 Å². The molecule has 0 unspecified atom stereocenters. The van der Waals surface area contributed by atoms with Gasteiger partial charge < -0.3 is 14.2 Å². The summed E-state index contributed by atoms with van der Waals surface area (Å²) in [6.07, 6.45) is 3.48. The molecule has 1 aromatic carbocycles. The van der Waals surface area contributed by atoms with E-state index in [4.69, 9.17) is 4.42 Å². The summed E-state index contributed by atoms with van der Waals surface area (Å²) in [6, 6.07) is 17.6. The Morgan fingerprint density at radius 3 is 2.51 bits per heavy atom. The summed E-state index contributed by atoms with van der Waals surface area (Å²) < 4.78 is 8.99. The van der Waals surface area contributed by atoms with Gasteiger partial charge in [0.25, 0.3) is 0 Å². The largest absolute Gasteiger partial charge is 0.460 e. The number of hydrogen-bond acceptors (Lipinski definition) is 4. The lowest BCUT2D eigenvalue weighted by atomic mass is 9.90. The van der Waals surface area contributed by atoms with Gasteiger partial charge in [0.05, 0.1) is 16.8 Å². The van der Waals surface area contributed by atoms with Crippen LogP contribution in [0.15, 0.2) is 62.9 Å². The van der Waals surface area contributed by atoms with Gasteiger partial charge in [-0.15, -0.1) is 0 Å². The number of nitrogens with zero attached hydrogens (tertiary/aromatic N) is 3. The molecule has 4 rings (SSSR count). The van der Waals surface area contributed by atoms with E-state index in [1.54, 1.807) is 0 Å². The Hall–Kier alpha value is -2.50. The van der Waals surface area contributed by atoms with Crippen molar-refractivity contribution in [2.24, 2.45) is 0 Å². The third-order valence-corrected chi connectivity index (χ3v) is 7.65. The van der Waals surface area contributed by atoms with Crippen molar-refractivity contribution in [1.29, 1.82) is 0 Å². The molecule has 2 aliphatic heterocycles. The van der Waals surface area contributed by atoms with E-state index in [9.17, 15) is 0 Å². The first-order valence-electron chi connectivity index (χ1n) is 12.8. The highest BCUT2D eigenvalue weighted by Gasteiger charge is 2.26. The zero-order valence-electron chi connectivity index (χ0n) is 22.4. The Labute approximate surface area is 215 Å². The molecule has 0 amide bonds. The SMILES string of the molecule is CCN1/C(=C/c2cc(C(C)(C)C)oc3cc(=[N+](CC)CCCN(C)C)ccc2-3)Sc2ccccc21. The summed E-state index contributed by atoms with van der Waals surface area (Å²) >= 11 is 1.85. The van der Waals surface area contributed by atoms with Crippen LogP contribution in [0.3, 0.4) is 0 Å². The second kappa shape index (κ2) is 10.6. The molecule has 0 spiro atoms. The summed E-state index contributed by atoms with van der Waals surface area (Å²) in [4.78, 5) is 5.97. The van der Waals surface area contributed by atoms with E-state index in [-0.39, 0.29) is 5.41 Å². The van der Waals surface area contributed by atoms with E-state index in [1.165, 1.54) is 26.5 Å². The molecule has 0 saturated carbocycles. The fourth-order valence-electron chi connectivity index (χ4n) is 4.55. The Morgan fingerprint density at radius 1 is 1.06 bits per heavy atom. The van der Waals surface area contributed by atoms with Crippen LogP contribution in [0.4, 0.5) is 5.69 Å². The molecule has 4 nitrogen and oxygen atoms in total. The van der Waals surface area contributed by atoms with Crippen molar-refractivity contribution in [2.75, 3.05) is 45.2 Å². The normalized spacial score (nSPS) is 15.9. The molecule has 0 saturated heterocycles. The monoisotopic (exact) mass is 490 g/mol. The first kappa shape index (κ1) is 25.6. The van der Waals surface area contributed by atoms with Gasteiger partial charge in [-0.3, -0.25) is 0 Å². The van der Waals surface area contributed by atoms with Crippen molar-refractivity contribution in [1.82, 2.24) is 9.48 Å². The molecule has 1 aliphatic carbocycles. The lowest BCUT2D eigenvalue weighted by Gasteiger charge is -2.22. The van der Waals surface area contributed by atoms with E-state index in [2.05, 4.69) is 118 Å². The van der Waals surface area contributed by atoms with E-state index >= 15 is 0 Å². The maximum absolute atomic E-state index is 6.54. The highest BCUT2D eigenvalue weighted by Crippen LogP contribution is 2.47. The fraction of sp³-hybridized carbons (Fsp3) is 0.433. The molecule has 35 heavy (non-hydrogen) atoms. The molecule has 0 N–H and O–H groups in total. The van der Waals surface area contributed by atoms with Crippen LogP contribution in [0.5, 0.6) is 0 Å². The molecule has 0 atom stereocenters. The molecule has 5 heteroatoms. The third-order valence-electron chi connectivity index (χ3n) is 6.53. The minimum Gasteiger partial charge on any atom is -0.460 e. The molecular formula is C30H40N3OS+. The topological polar surface area (TPSA) is 22.6 Å². The highest BCUT2D eigenvalue weighted by atomic mass is 32.2.